The second kappa shape index (κ2) is 5.55. The Morgan fingerprint density at radius 2 is 1.62 bits per heavy atom. The quantitative estimate of drug-likeness (QED) is 0.503. The van der Waals surface area contributed by atoms with Crippen LogP contribution in [0.3, 0.4) is 0 Å². The predicted molar refractivity (Wildman–Crippen MR) is 84.2 cm³/mol. The molecule has 0 aliphatic heterocycles. The third-order valence-electron chi connectivity index (χ3n) is 3.41. The van der Waals surface area contributed by atoms with Gasteiger partial charge >= 0.3 is 0 Å². The van der Waals surface area contributed by atoms with Crippen LogP contribution >= 0.6 is 11.3 Å². The Balaban J connectivity index is 0.00000132. The molecule has 1 heterocycles. The van der Waals surface area contributed by atoms with Gasteiger partial charge in [-0.05, 0) is 23.6 Å². The zero-order chi connectivity index (χ0) is 13.5. The second-order valence-corrected chi connectivity index (χ2v) is 5.67. The van der Waals surface area contributed by atoms with Crippen LogP contribution in [0.25, 0.3) is 31.6 Å². The summed E-state index contributed by atoms with van der Waals surface area (Å²) < 4.78 is 1.17. The molecule has 21 heavy (non-hydrogen) atoms. The Morgan fingerprint density at radius 3 is 2.48 bits per heavy atom. The Morgan fingerprint density at radius 1 is 0.857 bits per heavy atom. The van der Waals surface area contributed by atoms with E-state index >= 15 is 0 Å². The van der Waals surface area contributed by atoms with Crippen LogP contribution < -0.4 is 0 Å². The fourth-order valence-corrected chi connectivity index (χ4v) is 3.56. The third-order valence-corrected chi connectivity index (χ3v) is 4.55. The molecular weight excluding hydrogens is 332 g/mol. The van der Waals surface area contributed by atoms with E-state index in [9.17, 15) is 5.11 Å². The average Bonchev–Trinajstić information content (AvgIpc) is 2.92. The van der Waals surface area contributed by atoms with Crippen LogP contribution in [0.15, 0.2) is 60.7 Å². The van der Waals surface area contributed by atoms with Crippen molar-refractivity contribution < 1.29 is 24.6 Å². The molecule has 4 aromatic rings. The summed E-state index contributed by atoms with van der Waals surface area (Å²) in [5, 5.41) is 13.3. The average molecular weight is 343 g/mol. The van der Waals surface area contributed by atoms with E-state index in [0.29, 0.717) is 0 Å². The van der Waals surface area contributed by atoms with Crippen LogP contribution in [0.1, 0.15) is 0 Å². The van der Waals surface area contributed by atoms with Gasteiger partial charge in [0.15, 0.2) is 0 Å². The van der Waals surface area contributed by atoms with Gasteiger partial charge in [-0.1, -0.05) is 42.5 Å². The number of fused-ring (bicyclic) bond motifs is 3. The molecule has 3 aromatic carbocycles. The summed E-state index contributed by atoms with van der Waals surface area (Å²) in [6.45, 7) is 0. The molecule has 0 saturated heterocycles. The van der Waals surface area contributed by atoms with E-state index in [-0.39, 0.29) is 25.2 Å². The van der Waals surface area contributed by atoms with Crippen molar-refractivity contribution in [3.8, 4) is 16.3 Å². The number of rotatable bonds is 1. The van der Waals surface area contributed by atoms with Crippen molar-refractivity contribution in [1.82, 2.24) is 4.98 Å². The molecule has 0 aliphatic carbocycles. The smallest absolute Gasteiger partial charge is 0.128 e. The molecule has 4 rings (SSSR count). The number of para-hydroxylation sites is 1. The van der Waals surface area contributed by atoms with Gasteiger partial charge in [-0.25, -0.2) is 4.98 Å². The molecule has 0 bridgehead atoms. The Hall–Kier alpha value is -1.77. The van der Waals surface area contributed by atoms with Crippen molar-refractivity contribution in [2.75, 3.05) is 0 Å². The fraction of sp³-hybridized carbons (Fsp3) is 0. The molecule has 0 unspecified atom stereocenters. The van der Waals surface area contributed by atoms with Gasteiger partial charge in [0.05, 0.1) is 15.8 Å². The molecule has 0 atom stereocenters. The molecule has 0 saturated carbocycles. The van der Waals surface area contributed by atoms with Crippen molar-refractivity contribution in [2.45, 2.75) is 0 Å². The summed E-state index contributed by atoms with van der Waals surface area (Å²) in [6.07, 6.45) is 0. The number of thiazole rings is 1. The molecule has 0 fully saturated rings. The maximum absolute atomic E-state index is 9.97. The number of hydrogen-bond acceptors (Lipinski definition) is 3. The zero-order valence-electron chi connectivity index (χ0n) is 11.3. The summed E-state index contributed by atoms with van der Waals surface area (Å²) in [6, 6.07) is 19.8. The van der Waals surface area contributed by atoms with Crippen molar-refractivity contribution in [2.24, 2.45) is 0 Å². The number of hydrogen-bond donors (Lipinski definition) is 1. The van der Waals surface area contributed by atoms with Gasteiger partial charge in [-0.15, -0.1) is 11.3 Å². The largest absolute Gasteiger partial charge is 0.507 e. The molecule has 1 N–H and O–H groups in total. The van der Waals surface area contributed by atoms with E-state index in [1.165, 1.54) is 15.5 Å². The second-order valence-electron chi connectivity index (χ2n) is 4.67. The van der Waals surface area contributed by atoms with Gasteiger partial charge in [-0.2, -0.15) is 0 Å². The van der Waals surface area contributed by atoms with Gasteiger partial charge in [0.2, 0.25) is 0 Å². The van der Waals surface area contributed by atoms with Crippen molar-refractivity contribution in [1.29, 1.82) is 0 Å². The standard InChI is InChI=1S/C17H11NOS.Zn/c19-15-8-4-3-7-13(15)17-18-14-10-9-11-5-1-2-6-12(11)16(14)20-17;/h1-10,19H;. The summed E-state index contributed by atoms with van der Waals surface area (Å²) >= 11 is 1.62. The molecule has 0 spiro atoms. The van der Waals surface area contributed by atoms with Gasteiger partial charge in [0.25, 0.3) is 0 Å². The van der Waals surface area contributed by atoms with Crippen molar-refractivity contribution in [3.63, 3.8) is 0 Å². The van der Waals surface area contributed by atoms with Crippen LogP contribution in [-0.2, 0) is 19.5 Å². The van der Waals surface area contributed by atoms with E-state index in [1.54, 1.807) is 17.4 Å². The first-order valence-corrected chi connectivity index (χ1v) is 7.21. The molecular formula is C17H11NOSZn. The molecule has 0 aliphatic rings. The fourth-order valence-electron chi connectivity index (χ4n) is 2.43. The number of phenolic OH excluding ortho intramolecular Hbond substituents is 1. The minimum Gasteiger partial charge on any atom is -0.507 e. The maximum Gasteiger partial charge on any atom is 0.128 e. The minimum absolute atomic E-state index is 0. The third kappa shape index (κ3) is 2.35. The number of nitrogens with zero attached hydrogens (tertiary/aromatic N) is 1. The molecule has 2 nitrogen and oxygen atoms in total. The SMILES string of the molecule is Oc1ccccc1-c1nc2ccc3ccccc3c2s1.[Zn]. The number of aromatic hydroxyl groups is 1. The maximum atomic E-state index is 9.97. The summed E-state index contributed by atoms with van der Waals surface area (Å²) in [5.41, 5.74) is 1.77. The van der Waals surface area contributed by atoms with E-state index < -0.39 is 0 Å². The van der Waals surface area contributed by atoms with Crippen LogP contribution in [0, 0.1) is 0 Å². The first-order valence-electron chi connectivity index (χ1n) is 6.39. The Bertz CT molecular complexity index is 932. The summed E-state index contributed by atoms with van der Waals surface area (Å²) in [5.74, 6) is 0.274. The summed E-state index contributed by atoms with van der Waals surface area (Å²) in [4.78, 5) is 4.65. The monoisotopic (exact) mass is 341 g/mol. The van der Waals surface area contributed by atoms with Crippen molar-refractivity contribution in [3.05, 3.63) is 60.7 Å². The molecule has 4 heteroatoms. The first-order chi connectivity index (χ1) is 9.83. The minimum atomic E-state index is 0. The van der Waals surface area contributed by atoms with E-state index in [2.05, 4.69) is 23.2 Å². The molecule has 1 aromatic heterocycles. The van der Waals surface area contributed by atoms with Gasteiger partial charge in [0.1, 0.15) is 10.8 Å². The topological polar surface area (TPSA) is 33.1 Å². The van der Waals surface area contributed by atoms with Crippen LogP contribution in [0.2, 0.25) is 0 Å². The Labute approximate surface area is 138 Å². The van der Waals surface area contributed by atoms with E-state index in [4.69, 9.17) is 0 Å². The van der Waals surface area contributed by atoms with Gasteiger partial charge < -0.3 is 5.11 Å². The molecule has 0 amide bonds. The van der Waals surface area contributed by atoms with E-state index in [0.717, 1.165) is 16.1 Å². The summed E-state index contributed by atoms with van der Waals surface area (Å²) in [7, 11) is 0. The number of benzene rings is 3. The van der Waals surface area contributed by atoms with Gasteiger partial charge in [0, 0.05) is 24.9 Å². The molecule has 98 valence electrons. The molecule has 0 radical (unpaired) electrons. The van der Waals surface area contributed by atoms with E-state index in [1.807, 2.05) is 36.4 Å². The van der Waals surface area contributed by atoms with Crippen LogP contribution in [0.4, 0.5) is 0 Å². The predicted octanol–water partition coefficient (Wildman–Crippen LogP) is 4.82. The zero-order valence-corrected chi connectivity index (χ0v) is 15.1. The van der Waals surface area contributed by atoms with Gasteiger partial charge in [-0.3, -0.25) is 0 Å². The van der Waals surface area contributed by atoms with Crippen LogP contribution in [-0.4, -0.2) is 10.1 Å². The van der Waals surface area contributed by atoms with Crippen molar-refractivity contribution >= 4 is 32.3 Å². The first kappa shape index (κ1) is 14.2. The number of phenols is 1. The number of aromatic nitrogens is 1. The van der Waals surface area contributed by atoms with Crippen LogP contribution in [0.5, 0.6) is 5.75 Å². The normalized spacial score (nSPS) is 10.7. The Kier molecular flexibility index (Phi) is 3.75.